The third-order valence-electron chi connectivity index (χ3n) is 0.422. The fourth-order valence-corrected chi connectivity index (χ4v) is 2.21. The Bertz CT molecular complexity index is 113. The average molecular weight is 203 g/mol. The minimum atomic E-state index is -1.07. The van der Waals surface area contributed by atoms with Crippen LogP contribution in [-0.2, 0) is 0 Å². The van der Waals surface area contributed by atoms with Crippen LogP contribution in [0.4, 0.5) is 0 Å². The quantitative estimate of drug-likeness (QED) is 0.418. The van der Waals surface area contributed by atoms with Crippen molar-refractivity contribution in [3.05, 3.63) is 0 Å². The second-order valence-electron chi connectivity index (χ2n) is 2.47. The van der Waals surface area contributed by atoms with Gasteiger partial charge in [-0.05, 0) is 4.83 Å². The molecule has 0 fully saturated rings. The van der Waals surface area contributed by atoms with E-state index in [0.29, 0.717) is 0 Å². The standard InChI is InChI=1S/C5H9BrSi.Mg.2H/c1-7(2,3)5-4-6;;;/h1-3H3;;;/q;+2;2*-1. The van der Waals surface area contributed by atoms with E-state index in [1.165, 1.54) is 0 Å². The molecule has 0 aromatic heterocycles. The molecule has 0 saturated heterocycles. The first-order chi connectivity index (χ1) is 3.06. The Kier molecular flexibility index (Phi) is 7.15. The topological polar surface area (TPSA) is 0 Å². The first kappa shape index (κ1) is 11.8. The molecule has 0 rings (SSSR count). The van der Waals surface area contributed by atoms with E-state index in [-0.39, 0.29) is 25.9 Å². The van der Waals surface area contributed by atoms with E-state index < -0.39 is 8.07 Å². The predicted octanol–water partition coefficient (Wildman–Crippen LogP) is 2.06. The molecule has 0 unspecified atom stereocenters. The SMILES string of the molecule is C[Si](C)(C)C#CBr.[H-].[H-].[Mg+2]. The molecule has 8 heavy (non-hydrogen) atoms. The second-order valence-corrected chi connectivity index (χ2v) is 7.62. The second kappa shape index (κ2) is 4.86. The molecular formula is C5H11BrMgSi. The van der Waals surface area contributed by atoms with Crippen LogP contribution in [0.2, 0.25) is 19.6 Å². The Morgan fingerprint density at radius 3 is 1.75 bits per heavy atom. The zero-order valence-electron chi connectivity index (χ0n) is 7.59. The predicted molar refractivity (Wildman–Crippen MR) is 48.0 cm³/mol. The Hall–Kier alpha value is 1.02. The molecule has 0 atom stereocenters. The summed E-state index contributed by atoms with van der Waals surface area (Å²) < 4.78 is 0. The van der Waals surface area contributed by atoms with Crippen LogP contribution >= 0.6 is 15.9 Å². The van der Waals surface area contributed by atoms with Crippen LogP contribution in [0, 0.1) is 10.4 Å². The van der Waals surface area contributed by atoms with E-state index in [1.807, 2.05) is 0 Å². The van der Waals surface area contributed by atoms with Crippen LogP contribution in [-0.4, -0.2) is 31.1 Å². The molecule has 3 heteroatoms. The minimum absolute atomic E-state index is 0. The molecule has 0 aliphatic carbocycles. The van der Waals surface area contributed by atoms with Crippen molar-refractivity contribution in [2.24, 2.45) is 0 Å². The Morgan fingerprint density at radius 1 is 1.38 bits per heavy atom. The molecule has 0 heterocycles. The summed E-state index contributed by atoms with van der Waals surface area (Å²) in [5.41, 5.74) is 3.09. The van der Waals surface area contributed by atoms with Crippen LogP contribution < -0.4 is 0 Å². The van der Waals surface area contributed by atoms with Crippen molar-refractivity contribution in [2.75, 3.05) is 0 Å². The number of rotatable bonds is 0. The average Bonchev–Trinajstić information content (AvgIpc) is 1.30. The summed E-state index contributed by atoms with van der Waals surface area (Å²) in [5, 5.41) is 0. The van der Waals surface area contributed by atoms with E-state index in [4.69, 9.17) is 0 Å². The van der Waals surface area contributed by atoms with Gasteiger partial charge in [0.05, 0.1) is 0 Å². The summed E-state index contributed by atoms with van der Waals surface area (Å²) >= 11 is 3.06. The maximum absolute atomic E-state index is 3.09. The normalized spacial score (nSPS) is 8.50. The maximum Gasteiger partial charge on any atom is 2.00 e. The van der Waals surface area contributed by atoms with Crippen molar-refractivity contribution in [3.8, 4) is 10.4 Å². The monoisotopic (exact) mass is 202 g/mol. The summed E-state index contributed by atoms with van der Waals surface area (Å²) in [6.45, 7) is 6.63. The van der Waals surface area contributed by atoms with Gasteiger partial charge in [0, 0.05) is 15.9 Å². The largest absolute Gasteiger partial charge is 2.00 e. The third kappa shape index (κ3) is 10.1. The summed E-state index contributed by atoms with van der Waals surface area (Å²) in [6, 6.07) is 0. The van der Waals surface area contributed by atoms with Gasteiger partial charge in [0.15, 0.2) is 0 Å². The van der Waals surface area contributed by atoms with Gasteiger partial charge in [-0.1, -0.05) is 19.6 Å². The Morgan fingerprint density at radius 2 is 1.75 bits per heavy atom. The summed E-state index contributed by atoms with van der Waals surface area (Å²) in [5.74, 6) is 0. The van der Waals surface area contributed by atoms with Crippen LogP contribution in [0.1, 0.15) is 2.85 Å². The van der Waals surface area contributed by atoms with Crippen LogP contribution in [0.3, 0.4) is 0 Å². The molecule has 0 aliphatic heterocycles. The van der Waals surface area contributed by atoms with E-state index in [2.05, 4.69) is 45.9 Å². The smallest absolute Gasteiger partial charge is 1.00 e. The molecule has 0 radical (unpaired) electrons. The third-order valence-corrected chi connectivity index (χ3v) is 1.86. The van der Waals surface area contributed by atoms with E-state index in [1.54, 1.807) is 0 Å². The Balaban J connectivity index is -0.0000000600. The molecule has 0 aromatic rings. The molecule has 0 nitrogen and oxygen atoms in total. The van der Waals surface area contributed by atoms with Gasteiger partial charge in [0.25, 0.3) is 0 Å². The van der Waals surface area contributed by atoms with Crippen molar-refractivity contribution in [1.82, 2.24) is 0 Å². The van der Waals surface area contributed by atoms with Crippen molar-refractivity contribution in [2.45, 2.75) is 19.6 Å². The summed E-state index contributed by atoms with van der Waals surface area (Å²) in [6.07, 6.45) is 0. The van der Waals surface area contributed by atoms with Crippen LogP contribution in [0.25, 0.3) is 0 Å². The molecule has 0 N–H and O–H groups in total. The fraction of sp³-hybridized carbons (Fsp3) is 0.600. The van der Waals surface area contributed by atoms with Gasteiger partial charge in [-0.2, -0.15) is 0 Å². The van der Waals surface area contributed by atoms with Gasteiger partial charge in [-0.15, -0.1) is 5.54 Å². The zero-order valence-corrected chi connectivity index (χ0v) is 9.59. The molecule has 0 bridgehead atoms. The van der Waals surface area contributed by atoms with Gasteiger partial charge in [-0.25, -0.2) is 0 Å². The number of hydrogen-bond donors (Lipinski definition) is 0. The molecule has 0 saturated carbocycles. The van der Waals surface area contributed by atoms with Gasteiger partial charge in [0.2, 0.25) is 0 Å². The van der Waals surface area contributed by atoms with Crippen LogP contribution in [0.15, 0.2) is 0 Å². The summed E-state index contributed by atoms with van der Waals surface area (Å²) in [7, 11) is -1.07. The zero-order chi connectivity index (χ0) is 5.91. The molecule has 0 aromatic carbocycles. The number of hydrogen-bond acceptors (Lipinski definition) is 0. The Labute approximate surface area is 79.7 Å². The molecule has 0 aliphatic rings. The maximum atomic E-state index is 3.09. The number of halogens is 1. The molecular weight excluding hydrogens is 192 g/mol. The van der Waals surface area contributed by atoms with Crippen molar-refractivity contribution < 1.29 is 2.85 Å². The van der Waals surface area contributed by atoms with Crippen LogP contribution in [0.5, 0.6) is 0 Å². The molecule has 44 valence electrons. The van der Waals surface area contributed by atoms with Gasteiger partial charge < -0.3 is 2.85 Å². The minimum Gasteiger partial charge on any atom is -1.00 e. The van der Waals surface area contributed by atoms with E-state index >= 15 is 0 Å². The fourth-order valence-electron chi connectivity index (χ4n) is 0.142. The van der Waals surface area contributed by atoms with E-state index in [0.717, 1.165) is 0 Å². The van der Waals surface area contributed by atoms with Gasteiger partial charge >= 0.3 is 23.1 Å². The van der Waals surface area contributed by atoms with Crippen molar-refractivity contribution in [1.29, 1.82) is 0 Å². The molecule has 0 spiro atoms. The molecule has 0 amide bonds. The van der Waals surface area contributed by atoms with Crippen molar-refractivity contribution in [3.63, 3.8) is 0 Å². The van der Waals surface area contributed by atoms with E-state index in [9.17, 15) is 0 Å². The van der Waals surface area contributed by atoms with Gasteiger partial charge in [0.1, 0.15) is 8.07 Å². The first-order valence-corrected chi connectivity index (χ1v) is 6.48. The first-order valence-electron chi connectivity index (χ1n) is 2.19. The summed E-state index contributed by atoms with van der Waals surface area (Å²) in [4.78, 5) is 2.73. The van der Waals surface area contributed by atoms with Gasteiger partial charge in [-0.3, -0.25) is 0 Å². The van der Waals surface area contributed by atoms with Crippen molar-refractivity contribution >= 4 is 47.1 Å².